The first kappa shape index (κ1) is 22.0. The summed E-state index contributed by atoms with van der Waals surface area (Å²) in [5.41, 5.74) is 3.88. The largest absolute Gasteiger partial charge is 0.488 e. The maximum Gasteiger partial charge on any atom is 0.293 e. The molecule has 2 amide bonds. The SMILES string of the molecule is Cc1cccc(CN2C(=O)S/C(=C\c3ccccc3OCc3cccc4ccccc34)C2=O)c1. The van der Waals surface area contributed by atoms with E-state index in [0.717, 1.165) is 39.4 Å². The van der Waals surface area contributed by atoms with Crippen LogP contribution in [0.15, 0.2) is 95.9 Å². The van der Waals surface area contributed by atoms with Crippen molar-refractivity contribution in [3.63, 3.8) is 0 Å². The molecule has 0 aliphatic carbocycles. The number of thioether (sulfide) groups is 1. The Morgan fingerprint density at radius 3 is 2.53 bits per heavy atom. The van der Waals surface area contributed by atoms with E-state index in [1.165, 1.54) is 10.3 Å². The Bertz CT molecular complexity index is 1420. The molecule has 5 heteroatoms. The fourth-order valence-corrected chi connectivity index (χ4v) is 4.90. The van der Waals surface area contributed by atoms with Gasteiger partial charge >= 0.3 is 0 Å². The molecule has 0 aromatic heterocycles. The van der Waals surface area contributed by atoms with Gasteiger partial charge in [-0.25, -0.2) is 0 Å². The van der Waals surface area contributed by atoms with E-state index < -0.39 is 0 Å². The van der Waals surface area contributed by atoms with Gasteiger partial charge in [-0.05, 0) is 52.7 Å². The molecule has 0 N–H and O–H groups in total. The van der Waals surface area contributed by atoms with E-state index in [0.29, 0.717) is 17.3 Å². The average molecular weight is 466 g/mol. The van der Waals surface area contributed by atoms with Crippen LogP contribution in [0.4, 0.5) is 4.79 Å². The molecule has 0 atom stereocenters. The second-order valence-corrected chi connectivity index (χ2v) is 9.21. The number of para-hydroxylation sites is 1. The fraction of sp³-hybridized carbons (Fsp3) is 0.103. The summed E-state index contributed by atoms with van der Waals surface area (Å²) in [6, 6.07) is 29.8. The Morgan fingerprint density at radius 1 is 0.882 bits per heavy atom. The molecule has 4 aromatic rings. The molecule has 1 aliphatic rings. The molecule has 34 heavy (non-hydrogen) atoms. The number of fused-ring (bicyclic) bond motifs is 1. The number of hydrogen-bond donors (Lipinski definition) is 0. The maximum absolute atomic E-state index is 13.0. The average Bonchev–Trinajstić information content (AvgIpc) is 3.11. The van der Waals surface area contributed by atoms with E-state index in [1.54, 1.807) is 6.08 Å². The first-order chi connectivity index (χ1) is 16.6. The molecule has 0 unspecified atom stereocenters. The highest BCUT2D eigenvalue weighted by Crippen LogP contribution is 2.35. The number of aryl methyl sites for hydroxylation is 1. The van der Waals surface area contributed by atoms with Gasteiger partial charge in [0.2, 0.25) is 0 Å². The van der Waals surface area contributed by atoms with Crippen LogP contribution < -0.4 is 4.74 Å². The summed E-state index contributed by atoms with van der Waals surface area (Å²) in [5.74, 6) is 0.390. The number of hydrogen-bond acceptors (Lipinski definition) is 4. The lowest BCUT2D eigenvalue weighted by atomic mass is 10.1. The third kappa shape index (κ3) is 4.61. The molecule has 1 heterocycles. The van der Waals surface area contributed by atoms with E-state index in [1.807, 2.05) is 73.7 Å². The van der Waals surface area contributed by atoms with Gasteiger partial charge in [0.25, 0.3) is 11.1 Å². The van der Waals surface area contributed by atoms with Crippen LogP contribution in [0.3, 0.4) is 0 Å². The zero-order valence-electron chi connectivity index (χ0n) is 18.7. The number of rotatable bonds is 6. The van der Waals surface area contributed by atoms with Gasteiger partial charge in [-0.2, -0.15) is 0 Å². The van der Waals surface area contributed by atoms with Gasteiger partial charge in [-0.3, -0.25) is 14.5 Å². The monoisotopic (exact) mass is 465 g/mol. The second kappa shape index (κ2) is 9.57. The van der Waals surface area contributed by atoms with Crippen molar-refractivity contribution in [3.8, 4) is 5.75 Å². The molecule has 0 spiro atoms. The molecule has 1 saturated heterocycles. The van der Waals surface area contributed by atoms with Gasteiger partial charge in [-0.1, -0.05) is 90.5 Å². The summed E-state index contributed by atoms with van der Waals surface area (Å²) in [4.78, 5) is 27.3. The van der Waals surface area contributed by atoms with Crippen molar-refractivity contribution in [2.45, 2.75) is 20.1 Å². The Balaban J connectivity index is 1.36. The summed E-state index contributed by atoms with van der Waals surface area (Å²) in [5, 5.41) is 2.06. The van der Waals surface area contributed by atoms with Crippen molar-refractivity contribution in [2.24, 2.45) is 0 Å². The molecule has 168 valence electrons. The highest BCUT2D eigenvalue weighted by molar-refractivity contribution is 8.18. The standard InChI is InChI=1S/C29H23NO3S/c1-20-8-6-9-21(16-20)18-30-28(31)27(34-29(30)32)17-23-11-3-5-15-26(23)33-19-24-13-7-12-22-10-2-4-14-25(22)24/h2-17H,18-19H2,1H3/b27-17-. The van der Waals surface area contributed by atoms with Crippen LogP contribution in [0.25, 0.3) is 16.8 Å². The summed E-state index contributed by atoms with van der Waals surface area (Å²) in [6.07, 6.45) is 1.75. The molecule has 4 nitrogen and oxygen atoms in total. The Morgan fingerprint density at radius 2 is 1.65 bits per heavy atom. The van der Waals surface area contributed by atoms with Gasteiger partial charge in [0.05, 0.1) is 11.4 Å². The van der Waals surface area contributed by atoms with Gasteiger partial charge < -0.3 is 4.74 Å². The molecule has 0 radical (unpaired) electrons. The van der Waals surface area contributed by atoms with E-state index in [9.17, 15) is 9.59 Å². The van der Waals surface area contributed by atoms with Crippen molar-refractivity contribution in [2.75, 3.05) is 0 Å². The number of benzene rings is 4. The predicted molar refractivity (Wildman–Crippen MR) is 137 cm³/mol. The van der Waals surface area contributed by atoms with Crippen LogP contribution in [0.5, 0.6) is 5.75 Å². The minimum atomic E-state index is -0.277. The first-order valence-electron chi connectivity index (χ1n) is 11.1. The molecule has 1 aliphatic heterocycles. The lowest BCUT2D eigenvalue weighted by Crippen LogP contribution is -2.27. The number of nitrogens with zero attached hydrogens (tertiary/aromatic N) is 1. The summed E-state index contributed by atoms with van der Waals surface area (Å²) >= 11 is 0.968. The number of carbonyl (C=O) groups is 2. The van der Waals surface area contributed by atoms with Crippen LogP contribution in [0, 0.1) is 6.92 Å². The number of ether oxygens (including phenoxy) is 1. The highest BCUT2D eigenvalue weighted by Gasteiger charge is 2.35. The molecule has 1 fully saturated rings. The minimum absolute atomic E-state index is 0.257. The number of amides is 2. The van der Waals surface area contributed by atoms with Crippen molar-refractivity contribution in [1.82, 2.24) is 4.90 Å². The molecule has 0 bridgehead atoms. The molecule has 0 saturated carbocycles. The Hall–Kier alpha value is -3.83. The van der Waals surface area contributed by atoms with E-state index in [-0.39, 0.29) is 17.7 Å². The lowest BCUT2D eigenvalue weighted by molar-refractivity contribution is -0.123. The summed E-state index contributed by atoms with van der Waals surface area (Å²) < 4.78 is 6.18. The van der Waals surface area contributed by atoms with Crippen molar-refractivity contribution in [3.05, 3.63) is 118 Å². The van der Waals surface area contributed by atoms with Gasteiger partial charge in [0, 0.05) is 5.56 Å². The van der Waals surface area contributed by atoms with E-state index >= 15 is 0 Å². The van der Waals surface area contributed by atoms with Gasteiger partial charge in [-0.15, -0.1) is 0 Å². The topological polar surface area (TPSA) is 46.6 Å². The Labute approximate surface area is 202 Å². The zero-order valence-corrected chi connectivity index (χ0v) is 19.5. The van der Waals surface area contributed by atoms with E-state index in [2.05, 4.69) is 24.3 Å². The van der Waals surface area contributed by atoms with Gasteiger partial charge in [0.15, 0.2) is 0 Å². The fourth-order valence-electron chi connectivity index (χ4n) is 4.08. The zero-order chi connectivity index (χ0) is 23.5. The van der Waals surface area contributed by atoms with Crippen LogP contribution in [-0.4, -0.2) is 16.0 Å². The summed E-state index contributed by atoms with van der Waals surface area (Å²) in [6.45, 7) is 2.66. The molecule has 4 aromatic carbocycles. The molecular formula is C29H23NO3S. The third-order valence-corrected chi connectivity index (χ3v) is 6.67. The van der Waals surface area contributed by atoms with Gasteiger partial charge in [0.1, 0.15) is 12.4 Å². The number of imide groups is 1. The van der Waals surface area contributed by atoms with Crippen LogP contribution in [-0.2, 0) is 17.9 Å². The highest BCUT2D eigenvalue weighted by atomic mass is 32.2. The Kier molecular flexibility index (Phi) is 6.19. The third-order valence-electron chi connectivity index (χ3n) is 5.77. The normalized spacial score (nSPS) is 14.9. The predicted octanol–water partition coefficient (Wildman–Crippen LogP) is 6.96. The van der Waals surface area contributed by atoms with E-state index in [4.69, 9.17) is 4.74 Å². The van der Waals surface area contributed by atoms with Crippen molar-refractivity contribution < 1.29 is 14.3 Å². The van der Waals surface area contributed by atoms with Crippen LogP contribution in [0.1, 0.15) is 22.3 Å². The second-order valence-electron chi connectivity index (χ2n) is 8.22. The maximum atomic E-state index is 13.0. The summed E-state index contributed by atoms with van der Waals surface area (Å²) in [7, 11) is 0. The van der Waals surface area contributed by atoms with Crippen LogP contribution >= 0.6 is 11.8 Å². The number of carbonyl (C=O) groups excluding carboxylic acids is 2. The first-order valence-corrected chi connectivity index (χ1v) is 11.9. The smallest absolute Gasteiger partial charge is 0.293 e. The lowest BCUT2D eigenvalue weighted by Gasteiger charge is -2.13. The molecule has 5 rings (SSSR count). The van der Waals surface area contributed by atoms with Crippen LogP contribution in [0.2, 0.25) is 0 Å². The van der Waals surface area contributed by atoms with Crippen molar-refractivity contribution in [1.29, 1.82) is 0 Å². The quantitative estimate of drug-likeness (QED) is 0.289. The van der Waals surface area contributed by atoms with Crippen molar-refractivity contribution >= 4 is 39.8 Å². The molecular weight excluding hydrogens is 442 g/mol. The minimum Gasteiger partial charge on any atom is -0.488 e.